The zero-order valence-corrected chi connectivity index (χ0v) is 9.85. The Bertz CT molecular complexity index is 643. The van der Waals surface area contributed by atoms with Gasteiger partial charge >= 0.3 is 0 Å². The molecule has 0 aliphatic carbocycles. The SMILES string of the molecule is Cc1cnc(-n2cc(-c3ccccn3)cn2)nc1. The van der Waals surface area contributed by atoms with Gasteiger partial charge in [-0.15, -0.1) is 0 Å². The smallest absolute Gasteiger partial charge is 0.250 e. The third-order valence-electron chi connectivity index (χ3n) is 2.52. The zero-order valence-electron chi connectivity index (χ0n) is 9.85. The molecular weight excluding hydrogens is 226 g/mol. The van der Waals surface area contributed by atoms with Crippen LogP contribution in [0.1, 0.15) is 5.56 Å². The second kappa shape index (κ2) is 4.37. The Kier molecular flexibility index (Phi) is 2.57. The molecule has 88 valence electrons. The molecule has 0 fully saturated rings. The van der Waals surface area contributed by atoms with Gasteiger partial charge in [0.05, 0.1) is 11.9 Å². The van der Waals surface area contributed by atoms with Crippen LogP contribution >= 0.6 is 0 Å². The molecule has 0 unspecified atom stereocenters. The lowest BCUT2D eigenvalue weighted by molar-refractivity contribution is 0.805. The summed E-state index contributed by atoms with van der Waals surface area (Å²) in [6.45, 7) is 1.95. The summed E-state index contributed by atoms with van der Waals surface area (Å²) in [6.07, 6.45) is 8.92. The highest BCUT2D eigenvalue weighted by Crippen LogP contribution is 2.15. The second-order valence-corrected chi connectivity index (χ2v) is 3.95. The van der Waals surface area contributed by atoms with Gasteiger partial charge in [-0.1, -0.05) is 6.07 Å². The van der Waals surface area contributed by atoms with Gasteiger partial charge in [-0.25, -0.2) is 14.6 Å². The summed E-state index contributed by atoms with van der Waals surface area (Å²) in [6, 6.07) is 5.77. The Morgan fingerprint density at radius 1 is 1.00 bits per heavy atom. The second-order valence-electron chi connectivity index (χ2n) is 3.95. The van der Waals surface area contributed by atoms with E-state index in [0.717, 1.165) is 16.8 Å². The lowest BCUT2D eigenvalue weighted by Crippen LogP contribution is -2.00. The van der Waals surface area contributed by atoms with Crippen LogP contribution in [0.5, 0.6) is 0 Å². The summed E-state index contributed by atoms with van der Waals surface area (Å²) < 4.78 is 1.64. The molecule has 0 saturated heterocycles. The predicted molar refractivity (Wildman–Crippen MR) is 67.1 cm³/mol. The van der Waals surface area contributed by atoms with Crippen LogP contribution in [0.2, 0.25) is 0 Å². The van der Waals surface area contributed by atoms with Crippen molar-refractivity contribution < 1.29 is 0 Å². The maximum Gasteiger partial charge on any atom is 0.250 e. The van der Waals surface area contributed by atoms with Crippen LogP contribution in [0.15, 0.2) is 49.2 Å². The molecule has 18 heavy (non-hydrogen) atoms. The van der Waals surface area contributed by atoms with Gasteiger partial charge in [-0.3, -0.25) is 4.98 Å². The van der Waals surface area contributed by atoms with Gasteiger partial charge in [0.1, 0.15) is 0 Å². The molecule has 0 amide bonds. The molecule has 0 aliphatic heterocycles. The van der Waals surface area contributed by atoms with Crippen LogP contribution in [0.3, 0.4) is 0 Å². The predicted octanol–water partition coefficient (Wildman–Crippen LogP) is 2.03. The first-order valence-electron chi connectivity index (χ1n) is 5.58. The number of aryl methyl sites for hydroxylation is 1. The highest BCUT2D eigenvalue weighted by atomic mass is 15.3. The highest BCUT2D eigenvalue weighted by Gasteiger charge is 2.05. The molecule has 0 atom stereocenters. The van der Waals surface area contributed by atoms with Crippen LogP contribution in [-0.4, -0.2) is 24.7 Å². The van der Waals surface area contributed by atoms with Crippen molar-refractivity contribution in [2.45, 2.75) is 6.92 Å². The topological polar surface area (TPSA) is 56.5 Å². The number of hydrogen-bond donors (Lipinski definition) is 0. The van der Waals surface area contributed by atoms with Crippen molar-refractivity contribution in [3.63, 3.8) is 0 Å². The first-order chi connectivity index (χ1) is 8.83. The Labute approximate surface area is 104 Å². The van der Waals surface area contributed by atoms with E-state index in [-0.39, 0.29) is 0 Å². The lowest BCUT2D eigenvalue weighted by atomic mass is 10.2. The number of hydrogen-bond acceptors (Lipinski definition) is 4. The van der Waals surface area contributed by atoms with Crippen LogP contribution in [0, 0.1) is 6.92 Å². The van der Waals surface area contributed by atoms with Crippen molar-refractivity contribution in [1.82, 2.24) is 24.7 Å². The number of pyridine rings is 1. The third kappa shape index (κ3) is 1.98. The summed E-state index contributed by atoms with van der Waals surface area (Å²) >= 11 is 0. The van der Waals surface area contributed by atoms with Crippen LogP contribution in [0.25, 0.3) is 17.2 Å². The van der Waals surface area contributed by atoms with Crippen LogP contribution in [0.4, 0.5) is 0 Å². The number of nitrogens with zero attached hydrogens (tertiary/aromatic N) is 5. The molecule has 0 aromatic carbocycles. The molecule has 0 bridgehead atoms. The molecule has 3 aromatic heterocycles. The minimum absolute atomic E-state index is 0.558. The van der Waals surface area contributed by atoms with Gasteiger partial charge in [0.2, 0.25) is 5.95 Å². The van der Waals surface area contributed by atoms with E-state index < -0.39 is 0 Å². The van der Waals surface area contributed by atoms with E-state index in [2.05, 4.69) is 20.1 Å². The van der Waals surface area contributed by atoms with Gasteiger partial charge in [0, 0.05) is 30.4 Å². The van der Waals surface area contributed by atoms with Crippen molar-refractivity contribution in [2.24, 2.45) is 0 Å². The largest absolute Gasteiger partial charge is 0.256 e. The molecular formula is C13H11N5. The van der Waals surface area contributed by atoms with E-state index in [9.17, 15) is 0 Å². The average molecular weight is 237 g/mol. The molecule has 5 nitrogen and oxygen atoms in total. The summed E-state index contributed by atoms with van der Waals surface area (Å²) in [4.78, 5) is 12.7. The highest BCUT2D eigenvalue weighted by molar-refractivity contribution is 5.56. The lowest BCUT2D eigenvalue weighted by Gasteiger charge is -1.98. The maximum absolute atomic E-state index is 4.28. The van der Waals surface area contributed by atoms with E-state index in [1.54, 1.807) is 29.5 Å². The fourth-order valence-corrected chi connectivity index (χ4v) is 1.60. The Morgan fingerprint density at radius 2 is 1.83 bits per heavy atom. The molecule has 0 saturated carbocycles. The fraction of sp³-hybridized carbons (Fsp3) is 0.0769. The number of rotatable bonds is 2. The van der Waals surface area contributed by atoms with E-state index in [0.29, 0.717) is 5.95 Å². The van der Waals surface area contributed by atoms with E-state index in [1.165, 1.54) is 0 Å². The Hall–Kier alpha value is -2.56. The van der Waals surface area contributed by atoms with Crippen molar-refractivity contribution >= 4 is 0 Å². The Morgan fingerprint density at radius 3 is 2.56 bits per heavy atom. The minimum atomic E-state index is 0.558. The molecule has 3 aromatic rings. The first kappa shape index (κ1) is 10.6. The average Bonchev–Trinajstić information content (AvgIpc) is 2.90. The molecule has 3 heterocycles. The summed E-state index contributed by atoms with van der Waals surface area (Å²) in [5.74, 6) is 0.558. The van der Waals surface area contributed by atoms with Gasteiger partial charge in [-0.2, -0.15) is 5.10 Å². The van der Waals surface area contributed by atoms with Crippen molar-refractivity contribution in [3.8, 4) is 17.2 Å². The number of aromatic nitrogens is 5. The standard InChI is InChI=1S/C13H11N5/c1-10-6-15-13(16-7-10)18-9-11(8-17-18)12-4-2-3-5-14-12/h2-9H,1H3. The first-order valence-corrected chi connectivity index (χ1v) is 5.58. The molecule has 0 aliphatic rings. The third-order valence-corrected chi connectivity index (χ3v) is 2.52. The van der Waals surface area contributed by atoms with Gasteiger partial charge in [-0.05, 0) is 24.6 Å². The van der Waals surface area contributed by atoms with Crippen LogP contribution in [-0.2, 0) is 0 Å². The molecule has 0 radical (unpaired) electrons. The quantitative estimate of drug-likeness (QED) is 0.684. The van der Waals surface area contributed by atoms with Gasteiger partial charge in [0.15, 0.2) is 0 Å². The van der Waals surface area contributed by atoms with Gasteiger partial charge in [0.25, 0.3) is 0 Å². The van der Waals surface area contributed by atoms with E-state index in [4.69, 9.17) is 0 Å². The maximum atomic E-state index is 4.28. The van der Waals surface area contributed by atoms with Crippen molar-refractivity contribution in [1.29, 1.82) is 0 Å². The summed E-state index contributed by atoms with van der Waals surface area (Å²) in [5, 5.41) is 4.24. The molecule has 5 heteroatoms. The monoisotopic (exact) mass is 237 g/mol. The van der Waals surface area contributed by atoms with Gasteiger partial charge < -0.3 is 0 Å². The molecule has 0 N–H and O–H groups in total. The minimum Gasteiger partial charge on any atom is -0.256 e. The van der Waals surface area contributed by atoms with E-state index in [1.807, 2.05) is 31.3 Å². The van der Waals surface area contributed by atoms with E-state index >= 15 is 0 Å². The van der Waals surface area contributed by atoms with Crippen molar-refractivity contribution in [3.05, 3.63) is 54.7 Å². The summed E-state index contributed by atoms with van der Waals surface area (Å²) in [5.41, 5.74) is 2.85. The zero-order chi connectivity index (χ0) is 12.4. The Balaban J connectivity index is 1.97. The summed E-state index contributed by atoms with van der Waals surface area (Å²) in [7, 11) is 0. The fourth-order valence-electron chi connectivity index (χ4n) is 1.60. The molecule has 0 spiro atoms. The van der Waals surface area contributed by atoms with Crippen molar-refractivity contribution in [2.75, 3.05) is 0 Å². The van der Waals surface area contributed by atoms with Crippen LogP contribution < -0.4 is 0 Å². The normalized spacial score (nSPS) is 10.5. The molecule has 3 rings (SSSR count).